The van der Waals surface area contributed by atoms with Crippen LogP contribution in [0.3, 0.4) is 0 Å². The van der Waals surface area contributed by atoms with Crippen LogP contribution in [0.25, 0.3) is 0 Å². The van der Waals surface area contributed by atoms with Crippen molar-refractivity contribution in [3.05, 3.63) is 24.3 Å². The average molecular weight is 267 g/mol. The minimum absolute atomic E-state index is 0.455. The maximum absolute atomic E-state index is 5.62. The fourth-order valence-corrected chi connectivity index (χ4v) is 1.52. The van der Waals surface area contributed by atoms with Crippen molar-refractivity contribution in [2.75, 3.05) is 20.7 Å². The summed E-state index contributed by atoms with van der Waals surface area (Å²) in [4.78, 5) is 5.02. The molecule has 2 rings (SSSR count). The molecule has 1 aliphatic heterocycles. The lowest BCUT2D eigenvalue weighted by Gasteiger charge is -2.20. The Balaban J connectivity index is 0.000000224. The standard InChI is InChI=1S/C10H12O2.C5H13NO/c1-3-10(2)11-8-6-4-5-7-9(8)12-10;1-4-5-7-6(2)3/h4-7H,3H2,1-2H3;4-5H2,1-3H3. The van der Waals surface area contributed by atoms with Crippen molar-refractivity contribution in [1.82, 2.24) is 5.06 Å². The van der Waals surface area contributed by atoms with Crippen LogP contribution in [0, 0.1) is 0 Å². The molecule has 19 heavy (non-hydrogen) atoms. The lowest BCUT2D eigenvalue weighted by molar-refractivity contribution is -0.119. The van der Waals surface area contributed by atoms with Crippen molar-refractivity contribution in [3.63, 3.8) is 0 Å². The Morgan fingerprint density at radius 3 is 1.95 bits per heavy atom. The van der Waals surface area contributed by atoms with Crippen LogP contribution < -0.4 is 9.47 Å². The first kappa shape index (κ1) is 15.8. The molecule has 0 aromatic heterocycles. The summed E-state index contributed by atoms with van der Waals surface area (Å²) in [5.74, 6) is 1.24. The highest BCUT2D eigenvalue weighted by Gasteiger charge is 2.34. The zero-order chi connectivity index (χ0) is 14.3. The van der Waals surface area contributed by atoms with E-state index in [-0.39, 0.29) is 0 Å². The van der Waals surface area contributed by atoms with Gasteiger partial charge in [-0.2, -0.15) is 5.06 Å². The number of benzene rings is 1. The largest absolute Gasteiger partial charge is 0.449 e. The van der Waals surface area contributed by atoms with Gasteiger partial charge in [0.25, 0.3) is 0 Å². The van der Waals surface area contributed by atoms with Gasteiger partial charge >= 0.3 is 0 Å². The Morgan fingerprint density at radius 1 is 1.11 bits per heavy atom. The highest BCUT2D eigenvalue weighted by atomic mass is 16.7. The van der Waals surface area contributed by atoms with E-state index in [1.807, 2.05) is 52.2 Å². The Hall–Kier alpha value is -1.26. The number of hydroxylamine groups is 2. The van der Waals surface area contributed by atoms with Crippen LogP contribution in [0.5, 0.6) is 11.5 Å². The molecule has 4 nitrogen and oxygen atoms in total. The van der Waals surface area contributed by atoms with Crippen LogP contribution in [-0.4, -0.2) is 31.6 Å². The summed E-state index contributed by atoms with van der Waals surface area (Å²) >= 11 is 0. The van der Waals surface area contributed by atoms with E-state index in [9.17, 15) is 0 Å². The number of nitrogens with zero attached hydrogens (tertiary/aromatic N) is 1. The van der Waals surface area contributed by atoms with Gasteiger partial charge < -0.3 is 9.47 Å². The van der Waals surface area contributed by atoms with E-state index in [0.717, 1.165) is 30.9 Å². The second kappa shape index (κ2) is 7.36. The van der Waals surface area contributed by atoms with Crippen molar-refractivity contribution in [2.24, 2.45) is 0 Å². The van der Waals surface area contributed by atoms with Crippen molar-refractivity contribution >= 4 is 0 Å². The van der Waals surface area contributed by atoms with Gasteiger partial charge in [-0.1, -0.05) is 26.0 Å². The Labute approximate surface area is 116 Å². The third kappa shape index (κ3) is 5.09. The average Bonchev–Trinajstić information content (AvgIpc) is 2.74. The van der Waals surface area contributed by atoms with Crippen LogP contribution >= 0.6 is 0 Å². The molecule has 0 atom stereocenters. The maximum atomic E-state index is 5.62. The smallest absolute Gasteiger partial charge is 0.248 e. The quantitative estimate of drug-likeness (QED) is 0.782. The summed E-state index contributed by atoms with van der Waals surface area (Å²) in [6.45, 7) is 6.91. The molecule has 1 aromatic carbocycles. The fraction of sp³-hybridized carbons (Fsp3) is 0.600. The van der Waals surface area contributed by atoms with Gasteiger partial charge in [0.2, 0.25) is 5.79 Å². The molecule has 0 bridgehead atoms. The number of rotatable bonds is 4. The van der Waals surface area contributed by atoms with Crippen molar-refractivity contribution < 1.29 is 14.3 Å². The molecule has 108 valence electrons. The number of hydrogen-bond acceptors (Lipinski definition) is 4. The molecule has 1 aromatic rings. The van der Waals surface area contributed by atoms with Gasteiger partial charge in [0, 0.05) is 27.4 Å². The molecule has 4 heteroatoms. The molecule has 0 unspecified atom stereocenters. The molecule has 1 heterocycles. The molecule has 0 amide bonds. The van der Waals surface area contributed by atoms with Gasteiger partial charge in [-0.25, -0.2) is 0 Å². The van der Waals surface area contributed by atoms with Crippen LogP contribution in [0.4, 0.5) is 0 Å². The summed E-state index contributed by atoms with van der Waals surface area (Å²) in [6, 6.07) is 7.75. The number of ether oxygens (including phenoxy) is 2. The molecular formula is C15H25NO3. The van der Waals surface area contributed by atoms with Crippen molar-refractivity contribution in [1.29, 1.82) is 0 Å². The van der Waals surface area contributed by atoms with E-state index < -0.39 is 5.79 Å². The fourth-order valence-electron chi connectivity index (χ4n) is 1.52. The van der Waals surface area contributed by atoms with Crippen LogP contribution in [0.2, 0.25) is 0 Å². The first-order chi connectivity index (χ1) is 9.00. The van der Waals surface area contributed by atoms with Gasteiger partial charge in [-0.05, 0) is 18.6 Å². The maximum Gasteiger partial charge on any atom is 0.248 e. The number of para-hydroxylation sites is 2. The zero-order valence-electron chi connectivity index (χ0n) is 12.6. The first-order valence-corrected chi connectivity index (χ1v) is 6.78. The lowest BCUT2D eigenvalue weighted by atomic mass is 10.2. The van der Waals surface area contributed by atoms with E-state index in [1.165, 1.54) is 0 Å². The number of hydrogen-bond donors (Lipinski definition) is 0. The number of fused-ring (bicyclic) bond motifs is 1. The summed E-state index contributed by atoms with van der Waals surface area (Å²) in [5.41, 5.74) is 0. The van der Waals surface area contributed by atoms with E-state index >= 15 is 0 Å². The van der Waals surface area contributed by atoms with Gasteiger partial charge in [0.15, 0.2) is 11.5 Å². The van der Waals surface area contributed by atoms with Gasteiger partial charge in [-0.15, -0.1) is 0 Å². The van der Waals surface area contributed by atoms with E-state index in [1.54, 1.807) is 5.06 Å². The van der Waals surface area contributed by atoms with E-state index in [4.69, 9.17) is 14.3 Å². The molecule has 0 spiro atoms. The highest BCUT2D eigenvalue weighted by Crippen LogP contribution is 2.39. The predicted molar refractivity (Wildman–Crippen MR) is 76.3 cm³/mol. The third-order valence-electron chi connectivity index (χ3n) is 2.70. The summed E-state index contributed by atoms with van der Waals surface area (Å²) in [7, 11) is 3.77. The summed E-state index contributed by atoms with van der Waals surface area (Å²) in [5, 5.41) is 1.71. The second-order valence-electron chi connectivity index (χ2n) is 4.78. The van der Waals surface area contributed by atoms with Crippen molar-refractivity contribution in [3.8, 4) is 11.5 Å². The van der Waals surface area contributed by atoms with Crippen LogP contribution in [0.15, 0.2) is 24.3 Å². The monoisotopic (exact) mass is 267 g/mol. The van der Waals surface area contributed by atoms with Gasteiger partial charge in [0.05, 0.1) is 6.61 Å². The highest BCUT2D eigenvalue weighted by molar-refractivity contribution is 5.42. The normalized spacial score (nSPS) is 15.1. The van der Waals surface area contributed by atoms with E-state index in [0.29, 0.717) is 0 Å². The van der Waals surface area contributed by atoms with Gasteiger partial charge in [0.1, 0.15) is 0 Å². The molecule has 0 N–H and O–H groups in total. The molecular weight excluding hydrogens is 242 g/mol. The van der Waals surface area contributed by atoms with Crippen molar-refractivity contribution in [2.45, 2.75) is 39.4 Å². The third-order valence-corrected chi connectivity index (χ3v) is 2.70. The molecule has 0 saturated heterocycles. The Kier molecular flexibility index (Phi) is 6.12. The molecule has 1 aliphatic rings. The molecule has 0 saturated carbocycles. The van der Waals surface area contributed by atoms with E-state index in [2.05, 4.69) is 6.92 Å². The Morgan fingerprint density at radius 2 is 1.63 bits per heavy atom. The summed E-state index contributed by atoms with van der Waals surface area (Å²) in [6.07, 6.45) is 1.93. The summed E-state index contributed by atoms with van der Waals surface area (Å²) < 4.78 is 11.2. The first-order valence-electron chi connectivity index (χ1n) is 6.78. The van der Waals surface area contributed by atoms with Crippen LogP contribution in [-0.2, 0) is 4.84 Å². The minimum atomic E-state index is -0.455. The zero-order valence-corrected chi connectivity index (χ0v) is 12.6. The molecule has 0 aliphatic carbocycles. The van der Waals surface area contributed by atoms with Gasteiger partial charge in [-0.3, -0.25) is 4.84 Å². The van der Waals surface area contributed by atoms with Crippen LogP contribution in [0.1, 0.15) is 33.6 Å². The topological polar surface area (TPSA) is 30.9 Å². The molecule has 0 fully saturated rings. The SMILES string of the molecule is CCC1(C)Oc2ccccc2O1.CCCON(C)C. The lowest BCUT2D eigenvalue weighted by Crippen LogP contribution is -2.33. The molecule has 0 radical (unpaired) electrons. The second-order valence-corrected chi connectivity index (χ2v) is 4.78. The minimum Gasteiger partial charge on any atom is -0.449 e. The predicted octanol–water partition coefficient (Wildman–Crippen LogP) is 3.47. The Bertz CT molecular complexity index is 354.